The number of hydrogen-bond donors (Lipinski definition) is 1. The Hall–Kier alpha value is -2.13. The first-order chi connectivity index (χ1) is 10.8. The van der Waals surface area contributed by atoms with E-state index >= 15 is 0 Å². The molecule has 1 N–H and O–H groups in total. The molecule has 0 saturated carbocycles. The topological polar surface area (TPSA) is 51.2 Å². The van der Waals surface area contributed by atoms with Crippen LogP contribution < -0.4 is 10.1 Å². The van der Waals surface area contributed by atoms with Gasteiger partial charge in [-0.15, -0.1) is 24.5 Å². The highest BCUT2D eigenvalue weighted by atomic mass is 32.1. The van der Waals surface area contributed by atoms with Crippen LogP contribution in [0.15, 0.2) is 30.3 Å². The Labute approximate surface area is 136 Å². The Morgan fingerprint density at radius 2 is 2.00 bits per heavy atom. The maximum absolute atomic E-state index is 12.4. The number of anilines is 1. The number of thiophene rings is 1. The number of alkyl halides is 3. The fourth-order valence-corrected chi connectivity index (χ4v) is 3.54. The average molecular weight is 358 g/mol. The van der Waals surface area contributed by atoms with Crippen LogP contribution in [-0.4, -0.2) is 17.3 Å². The smallest absolute Gasteiger partial charge is 0.403 e. The van der Waals surface area contributed by atoms with E-state index in [9.17, 15) is 18.0 Å². The van der Waals surface area contributed by atoms with Crippen LogP contribution in [0.1, 0.15) is 14.5 Å². The molecule has 120 valence electrons. The first-order valence-corrected chi connectivity index (χ1v) is 7.98. The van der Waals surface area contributed by atoms with E-state index in [0.717, 1.165) is 16.2 Å². The second-order valence-electron chi connectivity index (χ2n) is 4.53. The summed E-state index contributed by atoms with van der Waals surface area (Å²) in [6.45, 7) is 1.87. The van der Waals surface area contributed by atoms with Crippen LogP contribution in [0.2, 0.25) is 0 Å². The van der Waals surface area contributed by atoms with Crippen molar-refractivity contribution < 1.29 is 22.7 Å². The van der Waals surface area contributed by atoms with Crippen LogP contribution in [0, 0.1) is 6.92 Å². The summed E-state index contributed by atoms with van der Waals surface area (Å²) in [5.74, 6) is -0.737. The van der Waals surface area contributed by atoms with Crippen molar-refractivity contribution in [3.05, 3.63) is 40.1 Å². The monoisotopic (exact) mass is 358 g/mol. The number of nitrogens with one attached hydrogen (secondary N) is 1. The fraction of sp³-hybridized carbons (Fsp3) is 0.143. The van der Waals surface area contributed by atoms with Crippen molar-refractivity contribution in [1.29, 1.82) is 0 Å². The molecule has 0 aliphatic heterocycles. The predicted octanol–water partition coefficient (Wildman–Crippen LogP) is 4.82. The van der Waals surface area contributed by atoms with Crippen LogP contribution >= 0.6 is 22.7 Å². The Bertz CT molecular complexity index is 870. The number of rotatable bonds is 3. The first-order valence-electron chi connectivity index (χ1n) is 6.35. The molecule has 4 nitrogen and oxygen atoms in total. The number of hydrogen-bond acceptors (Lipinski definition) is 5. The van der Waals surface area contributed by atoms with E-state index in [1.807, 2.05) is 13.0 Å². The molecule has 1 amide bonds. The Balaban J connectivity index is 1.88. The number of halogens is 3. The number of aryl methyl sites for hydroxylation is 1. The number of thiazole rings is 1. The molecule has 2 aromatic heterocycles. The lowest BCUT2D eigenvalue weighted by molar-refractivity contribution is -0.274. The number of fused-ring (bicyclic) bond motifs is 1. The Kier molecular flexibility index (Phi) is 3.99. The maximum atomic E-state index is 12.4. The van der Waals surface area contributed by atoms with Gasteiger partial charge in [0.1, 0.15) is 5.52 Å². The highest BCUT2D eigenvalue weighted by Crippen LogP contribution is 2.35. The summed E-state index contributed by atoms with van der Waals surface area (Å²) in [4.78, 5) is 17.6. The van der Waals surface area contributed by atoms with Gasteiger partial charge in [0.15, 0.2) is 10.9 Å². The third kappa shape index (κ3) is 3.62. The number of amides is 1. The van der Waals surface area contributed by atoms with Crippen molar-refractivity contribution in [2.75, 3.05) is 5.32 Å². The summed E-state index contributed by atoms with van der Waals surface area (Å²) >= 11 is 2.41. The van der Waals surface area contributed by atoms with E-state index < -0.39 is 12.1 Å². The van der Waals surface area contributed by atoms with Gasteiger partial charge in [-0.05, 0) is 31.2 Å². The molecule has 3 rings (SSSR count). The van der Waals surface area contributed by atoms with Gasteiger partial charge in [0, 0.05) is 4.88 Å². The molecule has 0 fully saturated rings. The number of benzene rings is 1. The molecule has 0 spiro atoms. The zero-order valence-electron chi connectivity index (χ0n) is 11.6. The van der Waals surface area contributed by atoms with E-state index in [1.165, 1.54) is 23.5 Å². The van der Waals surface area contributed by atoms with Gasteiger partial charge in [-0.3, -0.25) is 10.1 Å². The van der Waals surface area contributed by atoms with Crippen LogP contribution in [0.4, 0.5) is 18.3 Å². The van der Waals surface area contributed by atoms with E-state index in [0.29, 0.717) is 9.58 Å². The van der Waals surface area contributed by atoms with Crippen LogP contribution in [0.3, 0.4) is 0 Å². The number of para-hydroxylation sites is 1. The summed E-state index contributed by atoms with van der Waals surface area (Å²) in [7, 11) is 0. The van der Waals surface area contributed by atoms with E-state index in [-0.39, 0.29) is 16.6 Å². The summed E-state index contributed by atoms with van der Waals surface area (Å²) in [6, 6.07) is 7.73. The lowest BCUT2D eigenvalue weighted by Crippen LogP contribution is -2.17. The van der Waals surface area contributed by atoms with E-state index in [1.54, 1.807) is 12.1 Å². The lowest BCUT2D eigenvalue weighted by Gasteiger charge is -2.08. The number of aromatic nitrogens is 1. The van der Waals surface area contributed by atoms with Gasteiger partial charge < -0.3 is 4.74 Å². The molecule has 0 radical (unpaired) electrons. The number of ether oxygens (including phenoxy) is 1. The third-order valence-electron chi connectivity index (χ3n) is 2.79. The van der Waals surface area contributed by atoms with Gasteiger partial charge in [-0.25, -0.2) is 4.98 Å². The number of nitrogens with zero attached hydrogens (tertiary/aromatic N) is 1. The summed E-state index contributed by atoms with van der Waals surface area (Å²) in [5.41, 5.74) is 0.0625. The number of carbonyl (C=O) groups excluding carboxylic acids is 1. The molecule has 0 aliphatic rings. The van der Waals surface area contributed by atoms with Gasteiger partial charge in [-0.1, -0.05) is 17.4 Å². The molecule has 1 aromatic carbocycles. The van der Waals surface area contributed by atoms with Gasteiger partial charge in [0.2, 0.25) is 0 Å². The second-order valence-corrected chi connectivity index (χ2v) is 6.85. The van der Waals surface area contributed by atoms with Gasteiger partial charge >= 0.3 is 6.36 Å². The molecule has 3 aromatic rings. The molecule has 0 saturated heterocycles. The highest BCUT2D eigenvalue weighted by Gasteiger charge is 2.32. The molecule has 0 atom stereocenters. The van der Waals surface area contributed by atoms with Crippen molar-refractivity contribution >= 4 is 43.9 Å². The molecule has 0 aliphatic carbocycles. The minimum absolute atomic E-state index is 0.0625. The summed E-state index contributed by atoms with van der Waals surface area (Å²) in [6.07, 6.45) is -4.80. The van der Waals surface area contributed by atoms with Crippen molar-refractivity contribution in [2.45, 2.75) is 13.3 Å². The first kappa shape index (κ1) is 15.8. The normalized spacial score (nSPS) is 11.7. The van der Waals surface area contributed by atoms with Crippen molar-refractivity contribution in [2.24, 2.45) is 0 Å². The van der Waals surface area contributed by atoms with Gasteiger partial charge in [0.05, 0.1) is 9.58 Å². The predicted molar refractivity (Wildman–Crippen MR) is 83.3 cm³/mol. The highest BCUT2D eigenvalue weighted by molar-refractivity contribution is 7.22. The molecule has 9 heteroatoms. The summed E-state index contributed by atoms with van der Waals surface area (Å²) in [5, 5.41) is 2.81. The molecule has 0 unspecified atom stereocenters. The van der Waals surface area contributed by atoms with Gasteiger partial charge in [-0.2, -0.15) is 0 Å². The zero-order chi connectivity index (χ0) is 16.6. The summed E-state index contributed by atoms with van der Waals surface area (Å²) < 4.78 is 41.6. The van der Waals surface area contributed by atoms with Crippen molar-refractivity contribution in [3.8, 4) is 5.75 Å². The quantitative estimate of drug-likeness (QED) is 0.730. The average Bonchev–Trinajstić information content (AvgIpc) is 3.03. The van der Waals surface area contributed by atoms with Crippen LogP contribution in [0.5, 0.6) is 5.75 Å². The molecule has 0 bridgehead atoms. The lowest BCUT2D eigenvalue weighted by atomic mass is 10.3. The largest absolute Gasteiger partial charge is 0.573 e. The van der Waals surface area contributed by atoms with Crippen molar-refractivity contribution in [3.63, 3.8) is 0 Å². The molecule has 23 heavy (non-hydrogen) atoms. The minimum atomic E-state index is -4.80. The maximum Gasteiger partial charge on any atom is 0.573 e. The molecular formula is C14H9F3N2O2S2. The van der Waals surface area contributed by atoms with E-state index in [4.69, 9.17) is 0 Å². The van der Waals surface area contributed by atoms with Crippen LogP contribution in [-0.2, 0) is 0 Å². The second kappa shape index (κ2) is 5.82. The molecule has 2 heterocycles. The standard InChI is InChI=1S/C14H9F3N2O2S2/c1-7-5-6-10(22-7)12(20)19-13-18-11-8(21-14(15,16)17)3-2-4-9(11)23-13/h2-6H,1H3,(H,18,19,20). The zero-order valence-corrected chi connectivity index (χ0v) is 13.2. The SMILES string of the molecule is Cc1ccc(C(=O)Nc2nc3c(OC(F)(F)F)cccc3s2)s1. The van der Waals surface area contributed by atoms with E-state index in [2.05, 4.69) is 15.0 Å². The van der Waals surface area contributed by atoms with Crippen molar-refractivity contribution in [1.82, 2.24) is 4.98 Å². The Morgan fingerprint density at radius 3 is 2.65 bits per heavy atom. The van der Waals surface area contributed by atoms with Gasteiger partial charge in [0.25, 0.3) is 5.91 Å². The number of carbonyl (C=O) groups is 1. The fourth-order valence-electron chi connectivity index (χ4n) is 1.90. The third-order valence-corrected chi connectivity index (χ3v) is 4.73. The minimum Gasteiger partial charge on any atom is -0.403 e. The molecular weight excluding hydrogens is 349 g/mol. The Morgan fingerprint density at radius 1 is 1.22 bits per heavy atom. The van der Waals surface area contributed by atoms with Crippen LogP contribution in [0.25, 0.3) is 10.2 Å².